The van der Waals surface area contributed by atoms with E-state index in [-0.39, 0.29) is 12.1 Å². The van der Waals surface area contributed by atoms with Gasteiger partial charge in [-0.1, -0.05) is 49.4 Å². The molecule has 0 heterocycles. The lowest BCUT2D eigenvalue weighted by Gasteiger charge is -2.25. The number of ether oxygens (including phenoxy) is 2. The molecule has 0 aromatic heterocycles. The number of carbonyl (C=O) groups excluding carboxylic acids is 1. The van der Waals surface area contributed by atoms with Crippen molar-refractivity contribution in [3.63, 3.8) is 0 Å². The standard InChI is InChI=1S/C27H38N2O5/c1-4-21(3)28-27(32)29(17-9-12-22-10-7-6-8-11-22)18-19-34-24-15-13-23(14-16-24)20-25(26(30)31)33-5-2/h6-8,10-11,13-16,21,25H,4-5,9,12,17-20H2,1-3H3,(H,28,32)(H,30,31). The highest BCUT2D eigenvalue weighted by atomic mass is 16.5. The Hall–Kier alpha value is -3.06. The summed E-state index contributed by atoms with van der Waals surface area (Å²) in [4.78, 5) is 25.8. The fourth-order valence-electron chi connectivity index (χ4n) is 3.47. The third-order valence-corrected chi connectivity index (χ3v) is 5.62. The number of nitrogens with one attached hydrogen (secondary N) is 1. The first kappa shape index (κ1) is 27.2. The van der Waals surface area contributed by atoms with Gasteiger partial charge in [0, 0.05) is 25.6 Å². The van der Waals surface area contributed by atoms with Crippen molar-refractivity contribution < 1.29 is 24.2 Å². The molecule has 0 aliphatic carbocycles. The smallest absolute Gasteiger partial charge is 0.333 e. The van der Waals surface area contributed by atoms with E-state index in [0.717, 1.165) is 24.8 Å². The molecule has 34 heavy (non-hydrogen) atoms. The van der Waals surface area contributed by atoms with Crippen LogP contribution in [0.4, 0.5) is 4.79 Å². The van der Waals surface area contributed by atoms with Gasteiger partial charge in [0.2, 0.25) is 0 Å². The number of carboxylic acid groups (broad SMARTS) is 1. The number of nitrogens with zero attached hydrogens (tertiary/aromatic N) is 1. The van der Waals surface area contributed by atoms with E-state index in [9.17, 15) is 14.7 Å². The number of urea groups is 1. The first-order valence-electron chi connectivity index (χ1n) is 12.1. The summed E-state index contributed by atoms with van der Waals surface area (Å²) in [7, 11) is 0. The molecule has 0 saturated heterocycles. The predicted molar refractivity (Wildman–Crippen MR) is 133 cm³/mol. The molecule has 0 aliphatic heterocycles. The number of carbonyl (C=O) groups is 2. The Bertz CT molecular complexity index is 857. The van der Waals surface area contributed by atoms with Gasteiger partial charge in [-0.05, 0) is 56.4 Å². The van der Waals surface area contributed by atoms with Crippen LogP contribution in [0.3, 0.4) is 0 Å². The van der Waals surface area contributed by atoms with Gasteiger partial charge in [0.1, 0.15) is 12.4 Å². The number of carboxylic acids is 1. The Morgan fingerprint density at radius 1 is 1.00 bits per heavy atom. The lowest BCUT2D eigenvalue weighted by atomic mass is 10.1. The molecule has 0 bridgehead atoms. The van der Waals surface area contributed by atoms with Crippen molar-refractivity contribution in [2.75, 3.05) is 26.3 Å². The Morgan fingerprint density at radius 3 is 2.32 bits per heavy atom. The van der Waals surface area contributed by atoms with Crippen molar-refractivity contribution in [3.05, 3.63) is 65.7 Å². The second-order valence-electron chi connectivity index (χ2n) is 8.31. The maximum atomic E-state index is 12.8. The zero-order chi connectivity index (χ0) is 24.8. The molecule has 0 radical (unpaired) electrons. The topological polar surface area (TPSA) is 88.1 Å². The average molecular weight is 471 g/mol. The molecule has 7 heteroatoms. The number of aliphatic carboxylic acids is 1. The van der Waals surface area contributed by atoms with E-state index in [1.165, 1.54) is 5.56 Å². The van der Waals surface area contributed by atoms with Gasteiger partial charge >= 0.3 is 12.0 Å². The van der Waals surface area contributed by atoms with Gasteiger partial charge in [-0.15, -0.1) is 0 Å². The highest BCUT2D eigenvalue weighted by molar-refractivity contribution is 5.74. The van der Waals surface area contributed by atoms with Crippen LogP contribution in [0.25, 0.3) is 0 Å². The second kappa shape index (κ2) is 15.0. The van der Waals surface area contributed by atoms with Crippen LogP contribution in [0.1, 0.15) is 44.7 Å². The molecule has 0 saturated carbocycles. The number of hydrogen-bond acceptors (Lipinski definition) is 4. The van der Waals surface area contributed by atoms with Crippen molar-refractivity contribution in [1.82, 2.24) is 10.2 Å². The van der Waals surface area contributed by atoms with Crippen LogP contribution in [0, 0.1) is 0 Å². The van der Waals surface area contributed by atoms with Crippen LogP contribution in [0.2, 0.25) is 0 Å². The molecule has 2 rings (SSSR count). The summed E-state index contributed by atoms with van der Waals surface area (Å²) < 4.78 is 11.1. The van der Waals surface area contributed by atoms with Crippen molar-refractivity contribution in [1.29, 1.82) is 0 Å². The molecule has 2 unspecified atom stereocenters. The molecule has 0 fully saturated rings. The van der Waals surface area contributed by atoms with Gasteiger partial charge in [-0.2, -0.15) is 0 Å². The molecule has 2 aromatic carbocycles. The fourth-order valence-corrected chi connectivity index (χ4v) is 3.47. The number of amides is 2. The maximum Gasteiger partial charge on any atom is 0.333 e. The molecule has 186 valence electrons. The Balaban J connectivity index is 1.87. The predicted octanol–water partition coefficient (Wildman–Crippen LogP) is 4.54. The summed E-state index contributed by atoms with van der Waals surface area (Å²) >= 11 is 0. The average Bonchev–Trinajstić information content (AvgIpc) is 2.84. The van der Waals surface area contributed by atoms with Crippen LogP contribution < -0.4 is 10.1 Å². The van der Waals surface area contributed by atoms with E-state index < -0.39 is 12.1 Å². The molecule has 0 aliphatic rings. The summed E-state index contributed by atoms with van der Waals surface area (Å²) in [6.45, 7) is 7.67. The summed E-state index contributed by atoms with van der Waals surface area (Å²) in [5, 5.41) is 12.3. The third kappa shape index (κ3) is 9.83. The van der Waals surface area contributed by atoms with Crippen molar-refractivity contribution in [2.24, 2.45) is 0 Å². The molecular weight excluding hydrogens is 432 g/mol. The summed E-state index contributed by atoms with van der Waals surface area (Å²) in [5.41, 5.74) is 2.12. The zero-order valence-electron chi connectivity index (χ0n) is 20.5. The molecule has 0 spiro atoms. The molecule has 7 nitrogen and oxygen atoms in total. The monoisotopic (exact) mass is 470 g/mol. The summed E-state index contributed by atoms with van der Waals surface area (Å²) in [6, 6.07) is 17.6. The van der Waals surface area contributed by atoms with E-state index in [0.29, 0.717) is 38.5 Å². The minimum absolute atomic E-state index is 0.0722. The van der Waals surface area contributed by atoms with E-state index in [1.54, 1.807) is 6.92 Å². The van der Waals surface area contributed by atoms with Crippen LogP contribution in [-0.4, -0.2) is 60.5 Å². The Kier molecular flexibility index (Phi) is 12.0. The van der Waals surface area contributed by atoms with E-state index in [1.807, 2.05) is 61.2 Å². The number of rotatable bonds is 15. The minimum Gasteiger partial charge on any atom is -0.492 e. The number of aryl methyl sites for hydroxylation is 1. The lowest BCUT2D eigenvalue weighted by Crippen LogP contribution is -2.45. The molecule has 2 N–H and O–H groups in total. The van der Waals surface area contributed by atoms with Crippen molar-refractivity contribution in [3.8, 4) is 5.75 Å². The van der Waals surface area contributed by atoms with Gasteiger partial charge in [0.05, 0.1) is 6.54 Å². The third-order valence-electron chi connectivity index (χ3n) is 5.62. The largest absolute Gasteiger partial charge is 0.492 e. The fraction of sp³-hybridized carbons (Fsp3) is 0.481. The van der Waals surface area contributed by atoms with E-state index in [2.05, 4.69) is 17.4 Å². The van der Waals surface area contributed by atoms with Crippen LogP contribution in [0.5, 0.6) is 5.75 Å². The quantitative estimate of drug-likeness (QED) is 0.399. The number of hydrogen-bond donors (Lipinski definition) is 2. The van der Waals surface area contributed by atoms with Gasteiger partial charge < -0.3 is 24.8 Å². The Morgan fingerprint density at radius 2 is 1.71 bits per heavy atom. The normalized spacial score (nSPS) is 12.6. The summed E-state index contributed by atoms with van der Waals surface area (Å²) in [6.07, 6.45) is 2.10. The lowest BCUT2D eigenvalue weighted by molar-refractivity contribution is -0.149. The first-order chi connectivity index (χ1) is 16.4. The van der Waals surface area contributed by atoms with Gasteiger partial charge in [0.25, 0.3) is 0 Å². The summed E-state index contributed by atoms with van der Waals surface area (Å²) in [5.74, 6) is -0.288. The van der Waals surface area contributed by atoms with Crippen LogP contribution in [0.15, 0.2) is 54.6 Å². The van der Waals surface area contributed by atoms with Crippen LogP contribution >= 0.6 is 0 Å². The highest BCUT2D eigenvalue weighted by Gasteiger charge is 2.18. The molecular formula is C27H38N2O5. The number of benzene rings is 2. The van der Waals surface area contributed by atoms with Gasteiger partial charge in [0.15, 0.2) is 6.10 Å². The highest BCUT2D eigenvalue weighted by Crippen LogP contribution is 2.15. The maximum absolute atomic E-state index is 12.8. The zero-order valence-corrected chi connectivity index (χ0v) is 20.5. The van der Waals surface area contributed by atoms with Crippen molar-refractivity contribution in [2.45, 2.75) is 58.6 Å². The van der Waals surface area contributed by atoms with E-state index >= 15 is 0 Å². The molecule has 2 amide bonds. The van der Waals surface area contributed by atoms with Crippen LogP contribution in [-0.2, 0) is 22.4 Å². The Labute approximate surface area is 203 Å². The second-order valence-corrected chi connectivity index (χ2v) is 8.31. The molecule has 2 aromatic rings. The first-order valence-corrected chi connectivity index (χ1v) is 12.1. The van der Waals surface area contributed by atoms with Gasteiger partial charge in [-0.3, -0.25) is 0 Å². The van der Waals surface area contributed by atoms with Gasteiger partial charge in [-0.25, -0.2) is 9.59 Å². The minimum atomic E-state index is -0.967. The molecule has 2 atom stereocenters. The SMILES string of the molecule is CCOC(Cc1ccc(OCCN(CCCc2ccccc2)C(=O)NC(C)CC)cc1)C(=O)O. The van der Waals surface area contributed by atoms with E-state index in [4.69, 9.17) is 9.47 Å². The van der Waals surface area contributed by atoms with Crippen molar-refractivity contribution >= 4 is 12.0 Å².